The van der Waals surface area contributed by atoms with Crippen molar-refractivity contribution in [3.8, 4) is 5.75 Å². The zero-order valence-electron chi connectivity index (χ0n) is 14.9. The van der Waals surface area contributed by atoms with E-state index in [0.29, 0.717) is 37.1 Å². The lowest BCUT2D eigenvalue weighted by atomic mass is 9.83. The van der Waals surface area contributed by atoms with Gasteiger partial charge in [-0.25, -0.2) is 4.39 Å². The molecule has 2 aromatic carbocycles. The molecule has 1 aliphatic rings. The fourth-order valence-corrected chi connectivity index (χ4v) is 4.09. The molecule has 1 saturated heterocycles. The van der Waals surface area contributed by atoms with Crippen LogP contribution in [0.5, 0.6) is 5.75 Å². The molecule has 3 rings (SSSR count). The van der Waals surface area contributed by atoms with E-state index in [1.807, 2.05) is 6.92 Å². The molecule has 146 valence electrons. The lowest BCUT2D eigenvalue weighted by molar-refractivity contribution is -0.0502. The Morgan fingerprint density at radius 1 is 1.07 bits per heavy atom. The second-order valence-corrected chi connectivity index (χ2v) is 7.91. The number of halogens is 3. The van der Waals surface area contributed by atoms with Crippen molar-refractivity contribution in [2.75, 3.05) is 13.1 Å². The highest BCUT2D eigenvalue weighted by atomic mass is 35.5. The Morgan fingerprint density at radius 2 is 1.59 bits per heavy atom. The smallest absolute Gasteiger partial charge is 0.152 e. The van der Waals surface area contributed by atoms with Gasteiger partial charge in [-0.05, 0) is 55.2 Å². The van der Waals surface area contributed by atoms with E-state index in [2.05, 4.69) is 4.90 Å². The number of aliphatic hydroxyl groups is 2. The summed E-state index contributed by atoms with van der Waals surface area (Å²) in [6.07, 6.45) is 0.108. The van der Waals surface area contributed by atoms with Crippen molar-refractivity contribution in [3.05, 3.63) is 63.4 Å². The Bertz CT molecular complexity index is 784. The van der Waals surface area contributed by atoms with Crippen LogP contribution in [-0.4, -0.2) is 39.4 Å². The van der Waals surface area contributed by atoms with Crippen LogP contribution in [0.15, 0.2) is 36.4 Å². The van der Waals surface area contributed by atoms with Crippen LogP contribution in [0.25, 0.3) is 0 Å². The summed E-state index contributed by atoms with van der Waals surface area (Å²) in [6, 6.07) is 8.70. The molecule has 2 aromatic rings. The minimum absolute atomic E-state index is 0.0908. The number of likely N-dealkylation sites (tertiary alicyclic amines) is 1. The Morgan fingerprint density at radius 3 is 2.11 bits per heavy atom. The number of aromatic hydroxyl groups is 1. The van der Waals surface area contributed by atoms with Gasteiger partial charge >= 0.3 is 0 Å². The highest BCUT2D eigenvalue weighted by Crippen LogP contribution is 2.38. The molecular weight excluding hydrogens is 392 g/mol. The summed E-state index contributed by atoms with van der Waals surface area (Å²) in [5.74, 6) is -0.535. The minimum Gasteiger partial charge on any atom is -0.505 e. The third-order valence-corrected chi connectivity index (χ3v) is 6.00. The van der Waals surface area contributed by atoms with Gasteiger partial charge in [0, 0.05) is 19.1 Å². The van der Waals surface area contributed by atoms with Gasteiger partial charge in [0.15, 0.2) is 5.75 Å². The average molecular weight is 414 g/mol. The van der Waals surface area contributed by atoms with Crippen LogP contribution in [-0.2, 0) is 5.60 Å². The fourth-order valence-electron chi connectivity index (χ4n) is 3.58. The normalized spacial score (nSPS) is 19.6. The van der Waals surface area contributed by atoms with E-state index < -0.39 is 11.7 Å². The molecule has 27 heavy (non-hydrogen) atoms. The SMILES string of the molecule is C[C@H](C(O)c1cc(Cl)c(O)c(Cl)c1)N1CCC(O)(c2ccc(F)cc2)CC1. The topological polar surface area (TPSA) is 63.9 Å². The first-order valence-corrected chi connectivity index (χ1v) is 9.55. The molecule has 3 N–H and O–H groups in total. The maximum Gasteiger partial charge on any atom is 0.152 e. The largest absolute Gasteiger partial charge is 0.505 e. The van der Waals surface area contributed by atoms with Crippen molar-refractivity contribution in [3.63, 3.8) is 0 Å². The van der Waals surface area contributed by atoms with E-state index >= 15 is 0 Å². The minimum atomic E-state index is -1.000. The van der Waals surface area contributed by atoms with Crippen molar-refractivity contribution in [1.29, 1.82) is 0 Å². The van der Waals surface area contributed by atoms with Gasteiger partial charge in [-0.1, -0.05) is 35.3 Å². The number of hydrogen-bond donors (Lipinski definition) is 3. The van der Waals surface area contributed by atoms with Crippen LogP contribution in [0, 0.1) is 5.82 Å². The van der Waals surface area contributed by atoms with Crippen LogP contribution in [0.2, 0.25) is 10.0 Å². The lowest BCUT2D eigenvalue weighted by Gasteiger charge is -2.42. The van der Waals surface area contributed by atoms with Crippen LogP contribution < -0.4 is 0 Å². The van der Waals surface area contributed by atoms with E-state index in [1.165, 1.54) is 24.3 Å². The second-order valence-electron chi connectivity index (χ2n) is 7.09. The molecule has 0 amide bonds. The van der Waals surface area contributed by atoms with Gasteiger partial charge in [-0.2, -0.15) is 0 Å². The molecule has 7 heteroatoms. The van der Waals surface area contributed by atoms with Gasteiger partial charge in [0.2, 0.25) is 0 Å². The van der Waals surface area contributed by atoms with Crippen molar-refractivity contribution in [2.24, 2.45) is 0 Å². The quantitative estimate of drug-likeness (QED) is 0.700. The van der Waals surface area contributed by atoms with Crippen LogP contribution in [0.4, 0.5) is 4.39 Å². The zero-order valence-corrected chi connectivity index (χ0v) is 16.4. The number of rotatable bonds is 4. The number of phenolic OH excluding ortho intramolecular Hbond substituents is 1. The van der Waals surface area contributed by atoms with Crippen LogP contribution in [0.1, 0.15) is 37.0 Å². The first kappa shape index (κ1) is 20.4. The summed E-state index contributed by atoms with van der Waals surface area (Å²) >= 11 is 11.9. The zero-order chi connectivity index (χ0) is 19.8. The van der Waals surface area contributed by atoms with E-state index in [9.17, 15) is 19.7 Å². The summed E-state index contributed by atoms with van der Waals surface area (Å²) in [6.45, 7) is 3.04. The summed E-state index contributed by atoms with van der Waals surface area (Å²) < 4.78 is 13.1. The fraction of sp³-hybridized carbons (Fsp3) is 0.400. The maximum atomic E-state index is 13.1. The molecule has 1 aliphatic heterocycles. The van der Waals surface area contributed by atoms with Gasteiger partial charge in [0.25, 0.3) is 0 Å². The molecule has 1 unspecified atom stereocenters. The van der Waals surface area contributed by atoms with Crippen molar-refractivity contribution in [1.82, 2.24) is 4.90 Å². The first-order valence-electron chi connectivity index (χ1n) is 8.80. The van der Waals surface area contributed by atoms with Gasteiger partial charge in [0.1, 0.15) is 5.82 Å². The molecule has 1 fully saturated rings. The van der Waals surface area contributed by atoms with E-state index in [0.717, 1.165) is 0 Å². The maximum absolute atomic E-state index is 13.1. The summed E-state index contributed by atoms with van der Waals surface area (Å²) in [4.78, 5) is 2.08. The standard InChI is InChI=1S/C20H22Cl2FNO3/c1-12(18(25)13-10-16(21)19(26)17(22)11-13)24-8-6-20(27,7-9-24)14-2-4-15(23)5-3-14/h2-5,10-12,18,25-27H,6-9H2,1H3/t12-,18?/m1/s1. The molecule has 2 atom stereocenters. The predicted octanol–water partition coefficient (Wildman–Crippen LogP) is 4.24. The molecule has 0 aliphatic carbocycles. The summed E-state index contributed by atoms with van der Waals surface area (Å²) in [5, 5.41) is 31.5. The number of hydrogen-bond acceptors (Lipinski definition) is 4. The van der Waals surface area contributed by atoms with E-state index in [4.69, 9.17) is 23.2 Å². The molecule has 0 aromatic heterocycles. The molecule has 0 spiro atoms. The number of nitrogens with zero attached hydrogens (tertiary/aromatic N) is 1. The molecular formula is C20H22Cl2FNO3. The summed E-state index contributed by atoms with van der Waals surface area (Å²) in [7, 11) is 0. The number of phenols is 1. The van der Waals surface area contributed by atoms with Gasteiger partial charge < -0.3 is 15.3 Å². The van der Waals surface area contributed by atoms with E-state index in [-0.39, 0.29) is 27.7 Å². The number of piperidine rings is 1. The predicted molar refractivity (Wildman–Crippen MR) is 104 cm³/mol. The highest BCUT2D eigenvalue weighted by molar-refractivity contribution is 6.37. The van der Waals surface area contributed by atoms with Gasteiger partial charge in [0.05, 0.1) is 21.8 Å². The average Bonchev–Trinajstić information content (AvgIpc) is 2.65. The molecule has 1 heterocycles. The van der Waals surface area contributed by atoms with E-state index in [1.54, 1.807) is 12.1 Å². The molecule has 0 radical (unpaired) electrons. The second kappa shape index (κ2) is 7.94. The molecule has 4 nitrogen and oxygen atoms in total. The Kier molecular flexibility index (Phi) is 5.99. The Balaban J connectivity index is 1.69. The number of aliphatic hydroxyl groups excluding tert-OH is 1. The van der Waals surface area contributed by atoms with Crippen molar-refractivity contribution >= 4 is 23.2 Å². The van der Waals surface area contributed by atoms with Crippen LogP contribution in [0.3, 0.4) is 0 Å². The first-order chi connectivity index (χ1) is 12.7. The lowest BCUT2D eigenvalue weighted by Crippen LogP contribution is -2.47. The molecule has 0 bridgehead atoms. The Labute approximate surface area is 167 Å². The van der Waals surface area contributed by atoms with Crippen LogP contribution >= 0.6 is 23.2 Å². The third-order valence-electron chi connectivity index (χ3n) is 5.42. The summed E-state index contributed by atoms with van der Waals surface area (Å²) in [5.41, 5.74) is 0.226. The van der Waals surface area contributed by atoms with Crippen molar-refractivity contribution in [2.45, 2.75) is 37.5 Å². The monoisotopic (exact) mass is 413 g/mol. The third kappa shape index (κ3) is 4.23. The van der Waals surface area contributed by atoms with Gasteiger partial charge in [-0.3, -0.25) is 4.90 Å². The van der Waals surface area contributed by atoms with Crippen molar-refractivity contribution < 1.29 is 19.7 Å². The highest BCUT2D eigenvalue weighted by Gasteiger charge is 2.36. The molecule has 0 saturated carbocycles. The Hall–Kier alpha value is -1.37. The van der Waals surface area contributed by atoms with Gasteiger partial charge in [-0.15, -0.1) is 0 Å². The number of benzene rings is 2.